The highest BCUT2D eigenvalue weighted by Crippen LogP contribution is 2.29. The minimum absolute atomic E-state index is 0.158. The van der Waals surface area contributed by atoms with Crippen LogP contribution >= 0.6 is 11.3 Å². The number of hydrogen-bond donors (Lipinski definition) is 2. The quantitative estimate of drug-likeness (QED) is 0.659. The molecule has 1 amide bonds. The average molecular weight is 294 g/mol. The molecule has 0 spiro atoms. The van der Waals surface area contributed by atoms with Gasteiger partial charge in [-0.05, 0) is 32.4 Å². The maximum absolute atomic E-state index is 12.1. The molecule has 2 rings (SSSR count). The molecular weight excluding hydrogens is 276 g/mol. The van der Waals surface area contributed by atoms with E-state index < -0.39 is 5.97 Å². The summed E-state index contributed by atoms with van der Waals surface area (Å²) in [6, 6.07) is 1.74. The first kappa shape index (κ1) is 14.7. The lowest BCUT2D eigenvalue weighted by Crippen LogP contribution is -2.36. The first-order chi connectivity index (χ1) is 9.52. The summed E-state index contributed by atoms with van der Waals surface area (Å²) in [5.74, 6) is -0.559. The first-order valence-electron chi connectivity index (χ1n) is 6.51. The molecule has 2 N–H and O–H groups in total. The van der Waals surface area contributed by atoms with Crippen molar-refractivity contribution in [1.29, 1.82) is 0 Å². The zero-order valence-electron chi connectivity index (χ0n) is 11.8. The Labute approximate surface area is 122 Å². The molecule has 108 valence electrons. The SMILES string of the molecule is CCOC(=O)c1cc(C)sc1NC(=O)C(C)=C1CNC1. The highest BCUT2D eigenvalue weighted by atomic mass is 32.1. The number of carbonyl (C=O) groups is 2. The molecule has 0 bridgehead atoms. The molecule has 0 aromatic carbocycles. The third kappa shape index (κ3) is 3.08. The molecule has 1 aliphatic rings. The summed E-state index contributed by atoms with van der Waals surface area (Å²) < 4.78 is 5.00. The summed E-state index contributed by atoms with van der Waals surface area (Å²) in [7, 11) is 0. The Balaban J connectivity index is 2.17. The van der Waals surface area contributed by atoms with Crippen molar-refractivity contribution < 1.29 is 14.3 Å². The summed E-state index contributed by atoms with van der Waals surface area (Å²) >= 11 is 1.38. The summed E-state index contributed by atoms with van der Waals surface area (Å²) in [6.07, 6.45) is 0. The van der Waals surface area contributed by atoms with Crippen LogP contribution in [-0.4, -0.2) is 31.6 Å². The number of esters is 1. The Hall–Kier alpha value is -1.66. The molecule has 0 unspecified atom stereocenters. The molecule has 5 nitrogen and oxygen atoms in total. The summed E-state index contributed by atoms with van der Waals surface area (Å²) in [5, 5.41) is 6.47. The summed E-state index contributed by atoms with van der Waals surface area (Å²) in [6.45, 7) is 7.28. The molecule has 0 aliphatic carbocycles. The fourth-order valence-electron chi connectivity index (χ4n) is 1.84. The number of anilines is 1. The predicted molar refractivity (Wildman–Crippen MR) is 79.2 cm³/mol. The van der Waals surface area contributed by atoms with E-state index in [0.717, 1.165) is 23.5 Å². The van der Waals surface area contributed by atoms with E-state index in [1.807, 2.05) is 6.92 Å². The second-order valence-electron chi connectivity index (χ2n) is 4.61. The van der Waals surface area contributed by atoms with Gasteiger partial charge in [0.05, 0.1) is 12.2 Å². The van der Waals surface area contributed by atoms with Crippen LogP contribution < -0.4 is 10.6 Å². The molecular formula is C14H18N2O3S. The van der Waals surface area contributed by atoms with Crippen LogP contribution in [0.1, 0.15) is 29.1 Å². The fourth-order valence-corrected chi connectivity index (χ4v) is 2.73. The van der Waals surface area contributed by atoms with Crippen LogP contribution in [0.3, 0.4) is 0 Å². The molecule has 0 radical (unpaired) electrons. The van der Waals surface area contributed by atoms with Crippen LogP contribution in [0, 0.1) is 6.92 Å². The molecule has 1 aromatic rings. The molecule has 1 aliphatic heterocycles. The average Bonchev–Trinajstić information content (AvgIpc) is 2.68. The van der Waals surface area contributed by atoms with E-state index in [4.69, 9.17) is 4.74 Å². The maximum atomic E-state index is 12.1. The van der Waals surface area contributed by atoms with Crippen molar-refractivity contribution in [3.63, 3.8) is 0 Å². The Bertz CT molecular complexity index is 569. The van der Waals surface area contributed by atoms with E-state index in [2.05, 4.69) is 10.6 Å². The van der Waals surface area contributed by atoms with Gasteiger partial charge < -0.3 is 15.4 Å². The van der Waals surface area contributed by atoms with Crippen molar-refractivity contribution >= 4 is 28.2 Å². The summed E-state index contributed by atoms with van der Waals surface area (Å²) in [4.78, 5) is 24.9. The third-order valence-electron chi connectivity index (χ3n) is 3.13. The van der Waals surface area contributed by atoms with Crippen molar-refractivity contribution in [2.75, 3.05) is 25.0 Å². The van der Waals surface area contributed by atoms with Gasteiger partial charge in [-0.2, -0.15) is 0 Å². The Morgan fingerprint density at radius 1 is 1.45 bits per heavy atom. The summed E-state index contributed by atoms with van der Waals surface area (Å²) in [5.41, 5.74) is 2.24. The molecule has 20 heavy (non-hydrogen) atoms. The van der Waals surface area contributed by atoms with Crippen LogP contribution in [0.4, 0.5) is 5.00 Å². The van der Waals surface area contributed by atoms with Crippen LogP contribution in [0.15, 0.2) is 17.2 Å². The molecule has 0 saturated carbocycles. The van der Waals surface area contributed by atoms with Crippen molar-refractivity contribution in [2.45, 2.75) is 20.8 Å². The predicted octanol–water partition coefficient (Wildman–Crippen LogP) is 2.09. The fraction of sp³-hybridized carbons (Fsp3) is 0.429. The van der Waals surface area contributed by atoms with Gasteiger partial charge in [0, 0.05) is 23.5 Å². The van der Waals surface area contributed by atoms with Crippen molar-refractivity contribution in [3.8, 4) is 0 Å². The second-order valence-corrected chi connectivity index (χ2v) is 5.86. The maximum Gasteiger partial charge on any atom is 0.341 e. The Morgan fingerprint density at radius 3 is 2.70 bits per heavy atom. The Morgan fingerprint density at radius 2 is 2.15 bits per heavy atom. The largest absolute Gasteiger partial charge is 0.462 e. The van der Waals surface area contributed by atoms with Gasteiger partial charge in [0.25, 0.3) is 5.91 Å². The van der Waals surface area contributed by atoms with E-state index in [0.29, 0.717) is 22.7 Å². The lowest BCUT2D eigenvalue weighted by molar-refractivity contribution is -0.112. The van der Waals surface area contributed by atoms with Gasteiger partial charge in [-0.3, -0.25) is 4.79 Å². The Kier molecular flexibility index (Phi) is 4.57. The normalized spacial score (nSPS) is 13.7. The van der Waals surface area contributed by atoms with Crippen LogP contribution in [-0.2, 0) is 9.53 Å². The van der Waals surface area contributed by atoms with Crippen molar-refractivity contribution in [1.82, 2.24) is 5.32 Å². The van der Waals surface area contributed by atoms with Gasteiger partial charge in [-0.25, -0.2) is 4.79 Å². The van der Waals surface area contributed by atoms with Gasteiger partial charge in [0.2, 0.25) is 0 Å². The highest BCUT2D eigenvalue weighted by molar-refractivity contribution is 7.16. The molecule has 1 aromatic heterocycles. The van der Waals surface area contributed by atoms with E-state index in [1.54, 1.807) is 19.9 Å². The van der Waals surface area contributed by atoms with E-state index >= 15 is 0 Å². The third-order valence-corrected chi connectivity index (χ3v) is 4.09. The first-order valence-corrected chi connectivity index (χ1v) is 7.32. The minimum Gasteiger partial charge on any atom is -0.462 e. The second kappa shape index (κ2) is 6.19. The highest BCUT2D eigenvalue weighted by Gasteiger charge is 2.20. The zero-order valence-corrected chi connectivity index (χ0v) is 12.6. The zero-order chi connectivity index (χ0) is 14.7. The van der Waals surface area contributed by atoms with Crippen LogP contribution in [0.2, 0.25) is 0 Å². The monoisotopic (exact) mass is 294 g/mol. The number of amides is 1. The lowest BCUT2D eigenvalue weighted by Gasteiger charge is -2.21. The van der Waals surface area contributed by atoms with Crippen molar-refractivity contribution in [2.24, 2.45) is 0 Å². The lowest BCUT2D eigenvalue weighted by atomic mass is 10.0. The van der Waals surface area contributed by atoms with Crippen LogP contribution in [0.25, 0.3) is 0 Å². The standard InChI is InChI=1S/C14H18N2O3S/c1-4-19-14(18)11-5-8(2)20-13(11)16-12(17)9(3)10-6-15-7-10/h5,15H,4,6-7H2,1-3H3,(H,16,17). The van der Waals surface area contributed by atoms with E-state index in [-0.39, 0.29) is 5.91 Å². The van der Waals surface area contributed by atoms with Gasteiger partial charge in [0.15, 0.2) is 0 Å². The number of carbonyl (C=O) groups excluding carboxylic acids is 2. The van der Waals surface area contributed by atoms with Gasteiger partial charge in [-0.1, -0.05) is 0 Å². The topological polar surface area (TPSA) is 67.4 Å². The minimum atomic E-state index is -0.400. The van der Waals surface area contributed by atoms with Gasteiger partial charge >= 0.3 is 5.97 Å². The van der Waals surface area contributed by atoms with E-state index in [9.17, 15) is 9.59 Å². The number of aryl methyl sites for hydroxylation is 1. The number of ether oxygens (including phenoxy) is 1. The number of thiophene rings is 1. The number of hydrogen-bond acceptors (Lipinski definition) is 5. The molecule has 1 fully saturated rings. The number of rotatable bonds is 4. The smallest absolute Gasteiger partial charge is 0.341 e. The molecule has 2 heterocycles. The van der Waals surface area contributed by atoms with Gasteiger partial charge in [-0.15, -0.1) is 11.3 Å². The number of nitrogens with one attached hydrogen (secondary N) is 2. The van der Waals surface area contributed by atoms with Gasteiger partial charge in [0.1, 0.15) is 5.00 Å². The van der Waals surface area contributed by atoms with Crippen LogP contribution in [0.5, 0.6) is 0 Å². The van der Waals surface area contributed by atoms with Crippen molar-refractivity contribution in [3.05, 3.63) is 27.7 Å². The molecule has 6 heteroatoms. The molecule has 0 atom stereocenters. The van der Waals surface area contributed by atoms with E-state index in [1.165, 1.54) is 11.3 Å². The molecule has 1 saturated heterocycles.